The van der Waals surface area contributed by atoms with Gasteiger partial charge in [-0.05, 0) is 36.7 Å². The molecule has 0 N–H and O–H groups in total. The first-order valence-corrected chi connectivity index (χ1v) is 11.6. The van der Waals surface area contributed by atoms with E-state index in [-0.39, 0.29) is 13.2 Å². The second-order valence-corrected chi connectivity index (χ2v) is 9.02. The highest BCUT2D eigenvalue weighted by molar-refractivity contribution is 5.68. The molecule has 10 heteroatoms. The van der Waals surface area contributed by atoms with E-state index >= 15 is 0 Å². The molecule has 34 heavy (non-hydrogen) atoms. The van der Waals surface area contributed by atoms with E-state index in [4.69, 9.17) is 28.4 Å². The monoisotopic (exact) mass is 484 g/mol. The first-order valence-electron chi connectivity index (χ1n) is 11.6. The summed E-state index contributed by atoms with van der Waals surface area (Å²) < 4.78 is 33.2. The van der Waals surface area contributed by atoms with E-state index in [9.17, 15) is 19.2 Å². The van der Waals surface area contributed by atoms with Gasteiger partial charge >= 0.3 is 23.9 Å². The largest absolute Gasteiger partial charge is 0.463 e. The summed E-state index contributed by atoms with van der Waals surface area (Å²) in [6.07, 6.45) is -0.759. The van der Waals surface area contributed by atoms with Gasteiger partial charge in [0.05, 0.1) is 6.61 Å². The summed E-state index contributed by atoms with van der Waals surface area (Å²) in [7, 11) is 0. The molecule has 0 bridgehead atoms. The average molecular weight is 485 g/mol. The minimum absolute atomic E-state index is 0.221. The Morgan fingerprint density at radius 2 is 1.50 bits per heavy atom. The van der Waals surface area contributed by atoms with Gasteiger partial charge < -0.3 is 28.4 Å². The van der Waals surface area contributed by atoms with Crippen molar-refractivity contribution < 1.29 is 47.6 Å². The van der Waals surface area contributed by atoms with E-state index in [1.54, 1.807) is 0 Å². The van der Waals surface area contributed by atoms with Gasteiger partial charge in [0.1, 0.15) is 12.7 Å². The predicted molar refractivity (Wildman–Crippen MR) is 118 cm³/mol. The maximum atomic E-state index is 11.9. The second-order valence-electron chi connectivity index (χ2n) is 9.02. The lowest BCUT2D eigenvalue weighted by Crippen LogP contribution is -2.63. The van der Waals surface area contributed by atoms with E-state index < -0.39 is 54.6 Å². The minimum Gasteiger partial charge on any atom is -0.463 e. The molecule has 0 amide bonds. The van der Waals surface area contributed by atoms with Gasteiger partial charge in [0.25, 0.3) is 0 Å². The smallest absolute Gasteiger partial charge is 0.303 e. The molecule has 0 saturated carbocycles. The average Bonchev–Trinajstić information content (AvgIpc) is 2.73. The summed E-state index contributed by atoms with van der Waals surface area (Å²) in [5.74, 6) is -1.36. The lowest BCUT2D eigenvalue weighted by molar-refractivity contribution is -0.306. The molecule has 1 unspecified atom stereocenters. The number of allylic oxidation sites excluding steroid dienone is 1. The Kier molecular flexibility index (Phi) is 10.5. The highest BCUT2D eigenvalue weighted by Gasteiger charge is 2.52. The summed E-state index contributed by atoms with van der Waals surface area (Å²) in [5.41, 5.74) is 1.09. The molecule has 2 aliphatic rings. The summed E-state index contributed by atoms with van der Waals surface area (Å²) in [6, 6.07) is 0. The molecule has 6 atom stereocenters. The van der Waals surface area contributed by atoms with E-state index in [1.165, 1.54) is 27.7 Å². The van der Waals surface area contributed by atoms with Crippen LogP contribution in [0, 0.1) is 11.8 Å². The van der Waals surface area contributed by atoms with Crippen LogP contribution >= 0.6 is 0 Å². The topological polar surface area (TPSA) is 124 Å². The zero-order chi connectivity index (χ0) is 25.4. The van der Waals surface area contributed by atoms with Crippen LogP contribution in [0.5, 0.6) is 0 Å². The molecular formula is C24H36O10. The highest BCUT2D eigenvalue weighted by Crippen LogP contribution is 2.32. The molecule has 0 aromatic carbocycles. The summed E-state index contributed by atoms with van der Waals surface area (Å²) in [4.78, 5) is 46.9. The normalized spacial score (nSPS) is 29.1. The Hall–Kier alpha value is -2.46. The number of hydrogen-bond donors (Lipinski definition) is 0. The maximum Gasteiger partial charge on any atom is 0.303 e. The third kappa shape index (κ3) is 8.39. The fourth-order valence-corrected chi connectivity index (χ4v) is 4.16. The van der Waals surface area contributed by atoms with Crippen molar-refractivity contribution in [2.45, 2.75) is 91.5 Å². The molecule has 1 fully saturated rings. The molecule has 10 nitrogen and oxygen atoms in total. The van der Waals surface area contributed by atoms with E-state index in [0.29, 0.717) is 11.8 Å². The zero-order valence-corrected chi connectivity index (χ0v) is 20.7. The van der Waals surface area contributed by atoms with Crippen LogP contribution in [-0.2, 0) is 47.6 Å². The fourth-order valence-electron chi connectivity index (χ4n) is 4.16. The molecular weight excluding hydrogens is 448 g/mol. The fraction of sp³-hybridized carbons (Fsp3) is 0.750. The number of carbonyl (C=O) groups is 4. The van der Waals surface area contributed by atoms with Crippen LogP contribution in [-0.4, -0.2) is 67.8 Å². The summed E-state index contributed by atoms with van der Waals surface area (Å²) in [5, 5.41) is 0. The lowest BCUT2D eigenvalue weighted by atomic mass is 9.82. The first-order chi connectivity index (χ1) is 16.0. The van der Waals surface area contributed by atoms with Crippen LogP contribution in [0.3, 0.4) is 0 Å². The summed E-state index contributed by atoms with van der Waals surface area (Å²) >= 11 is 0. The van der Waals surface area contributed by atoms with Crippen LogP contribution in [0.15, 0.2) is 11.6 Å². The van der Waals surface area contributed by atoms with Crippen molar-refractivity contribution >= 4 is 23.9 Å². The molecule has 1 saturated heterocycles. The molecule has 0 aromatic rings. The predicted octanol–water partition coefficient (Wildman–Crippen LogP) is 2.47. The summed E-state index contributed by atoms with van der Waals surface area (Å²) in [6.45, 7) is 9.13. The van der Waals surface area contributed by atoms with E-state index in [1.807, 2.05) is 0 Å². The zero-order valence-electron chi connectivity index (χ0n) is 20.7. The van der Waals surface area contributed by atoms with Crippen molar-refractivity contribution in [1.29, 1.82) is 0 Å². The second kappa shape index (κ2) is 12.9. The SMILES string of the molecule is CC(=O)OC[C@H]1O[C@@H](OCC2=CCC(C(C)C)CC2)[C@H](OC(C)=O)[C@@H](OC(C)=O)[C@@H]1OC(C)=O. The Balaban J connectivity index is 2.27. The molecule has 1 aliphatic carbocycles. The van der Waals surface area contributed by atoms with Gasteiger partial charge in [-0.3, -0.25) is 19.2 Å². The van der Waals surface area contributed by atoms with Crippen LogP contribution in [0.2, 0.25) is 0 Å². The third-order valence-electron chi connectivity index (χ3n) is 5.87. The third-order valence-corrected chi connectivity index (χ3v) is 5.87. The Morgan fingerprint density at radius 3 is 2.00 bits per heavy atom. The van der Waals surface area contributed by atoms with Crippen molar-refractivity contribution in [3.8, 4) is 0 Å². The van der Waals surface area contributed by atoms with E-state index in [2.05, 4.69) is 19.9 Å². The van der Waals surface area contributed by atoms with Crippen LogP contribution < -0.4 is 0 Å². The minimum atomic E-state index is -1.23. The number of ether oxygens (including phenoxy) is 6. The van der Waals surface area contributed by atoms with Crippen molar-refractivity contribution in [3.63, 3.8) is 0 Å². The number of rotatable bonds is 9. The van der Waals surface area contributed by atoms with E-state index in [0.717, 1.165) is 24.8 Å². The van der Waals surface area contributed by atoms with Crippen LogP contribution in [0.1, 0.15) is 60.8 Å². The van der Waals surface area contributed by atoms with Gasteiger partial charge in [0, 0.05) is 27.7 Å². The molecule has 1 aliphatic heterocycles. The van der Waals surface area contributed by atoms with Gasteiger partial charge in [-0.25, -0.2) is 0 Å². The van der Waals surface area contributed by atoms with Gasteiger partial charge in [-0.15, -0.1) is 0 Å². The van der Waals surface area contributed by atoms with Crippen LogP contribution in [0.25, 0.3) is 0 Å². The number of esters is 4. The Morgan fingerprint density at radius 1 is 0.912 bits per heavy atom. The first kappa shape index (κ1) is 27.8. The van der Waals surface area contributed by atoms with Crippen molar-refractivity contribution in [1.82, 2.24) is 0 Å². The maximum absolute atomic E-state index is 11.9. The van der Waals surface area contributed by atoms with Crippen molar-refractivity contribution in [2.75, 3.05) is 13.2 Å². The molecule has 0 spiro atoms. The van der Waals surface area contributed by atoms with Gasteiger partial charge in [-0.2, -0.15) is 0 Å². The quantitative estimate of drug-likeness (QED) is 0.274. The Bertz CT molecular complexity index is 774. The molecule has 0 radical (unpaired) electrons. The van der Waals surface area contributed by atoms with Crippen LogP contribution in [0.4, 0.5) is 0 Å². The highest BCUT2D eigenvalue weighted by atomic mass is 16.7. The molecule has 1 heterocycles. The van der Waals surface area contributed by atoms with Gasteiger partial charge in [0.15, 0.2) is 24.6 Å². The molecule has 2 rings (SSSR count). The number of carbonyl (C=O) groups excluding carboxylic acids is 4. The lowest BCUT2D eigenvalue weighted by Gasteiger charge is -2.44. The van der Waals surface area contributed by atoms with Gasteiger partial charge in [0.2, 0.25) is 0 Å². The standard InChI is InChI=1S/C24H36O10/c1-13(2)19-9-7-18(8-10-19)11-30-24-23(33-17(6)28)22(32-16(5)27)21(31-15(4)26)20(34-24)12-29-14(3)25/h7,13,19-24H,8-12H2,1-6H3/t19?,20-,21-,22+,23-,24-/m1/s1. The number of hydrogen-bond acceptors (Lipinski definition) is 10. The van der Waals surface area contributed by atoms with Crippen molar-refractivity contribution in [2.24, 2.45) is 11.8 Å². The molecule has 192 valence electrons. The van der Waals surface area contributed by atoms with Crippen molar-refractivity contribution in [3.05, 3.63) is 11.6 Å². The Labute approximate surface area is 200 Å². The van der Waals surface area contributed by atoms with Gasteiger partial charge in [-0.1, -0.05) is 19.9 Å². The molecule has 0 aromatic heterocycles.